The van der Waals surface area contributed by atoms with Crippen LogP contribution in [-0.4, -0.2) is 27.1 Å². The second kappa shape index (κ2) is 7.82. The quantitative estimate of drug-likeness (QED) is 0.691. The largest absolute Gasteiger partial charge is 0.325 e. The highest BCUT2D eigenvalue weighted by atomic mass is 16.2. The number of carbonyl (C=O) groups excluding carboxylic acids is 1. The summed E-state index contributed by atoms with van der Waals surface area (Å²) in [6.07, 6.45) is 3.88. The minimum Gasteiger partial charge on any atom is -0.325 e. The number of nitrogens with zero attached hydrogens (tertiary/aromatic N) is 3. The fourth-order valence-electron chi connectivity index (χ4n) is 3.84. The van der Waals surface area contributed by atoms with E-state index in [4.69, 9.17) is 0 Å². The Morgan fingerprint density at radius 3 is 2.71 bits per heavy atom. The van der Waals surface area contributed by atoms with Crippen molar-refractivity contribution < 1.29 is 4.79 Å². The molecule has 1 aromatic heterocycles. The topological polar surface area (TPSA) is 50.2 Å². The minimum atomic E-state index is -0.0153. The molecule has 1 amide bonds. The smallest absolute Gasteiger partial charge is 0.238 e. The molecule has 1 atom stereocenters. The van der Waals surface area contributed by atoms with Gasteiger partial charge in [-0.1, -0.05) is 54.6 Å². The van der Waals surface area contributed by atoms with Crippen LogP contribution in [0.25, 0.3) is 0 Å². The molecule has 0 saturated heterocycles. The van der Waals surface area contributed by atoms with Crippen LogP contribution in [0.3, 0.4) is 0 Å². The molecule has 1 aliphatic heterocycles. The summed E-state index contributed by atoms with van der Waals surface area (Å²) in [5.74, 6) is 0.00187. The van der Waals surface area contributed by atoms with Crippen LogP contribution < -0.4 is 5.32 Å². The summed E-state index contributed by atoms with van der Waals surface area (Å²) < 4.78 is 1.89. The number of hydrogen-bond donors (Lipinski definition) is 1. The van der Waals surface area contributed by atoms with Crippen molar-refractivity contribution in [2.24, 2.45) is 0 Å². The summed E-state index contributed by atoms with van der Waals surface area (Å²) in [5, 5.41) is 7.63. The molecule has 5 nitrogen and oxygen atoms in total. The van der Waals surface area contributed by atoms with E-state index in [1.54, 1.807) is 0 Å². The molecule has 0 aliphatic carbocycles. The van der Waals surface area contributed by atoms with Crippen LogP contribution in [0, 0.1) is 6.92 Å². The predicted octanol–water partition coefficient (Wildman–Crippen LogP) is 3.92. The maximum Gasteiger partial charge on any atom is 0.238 e. The number of para-hydroxylation sites is 1. The lowest BCUT2D eigenvalue weighted by Crippen LogP contribution is -2.33. The van der Waals surface area contributed by atoms with Gasteiger partial charge in [-0.15, -0.1) is 6.58 Å². The van der Waals surface area contributed by atoms with Crippen molar-refractivity contribution in [3.63, 3.8) is 0 Å². The van der Waals surface area contributed by atoms with Crippen LogP contribution in [0.4, 0.5) is 5.69 Å². The SMILES string of the molecule is C=CCn1cc(CN2CC(=O)Nc3ccccc3[C@H]2c2ccccc2)c(C)n1. The first-order valence-corrected chi connectivity index (χ1v) is 9.47. The van der Waals surface area contributed by atoms with E-state index in [-0.39, 0.29) is 11.9 Å². The molecule has 1 N–H and O–H groups in total. The number of rotatable bonds is 5. The highest BCUT2D eigenvalue weighted by Gasteiger charge is 2.30. The number of amides is 1. The summed E-state index contributed by atoms with van der Waals surface area (Å²) in [6.45, 7) is 7.43. The molecule has 4 rings (SSSR count). The lowest BCUT2D eigenvalue weighted by atomic mass is 9.95. The Kier molecular flexibility index (Phi) is 5.08. The zero-order valence-electron chi connectivity index (χ0n) is 16.0. The number of fused-ring (bicyclic) bond motifs is 1. The predicted molar refractivity (Wildman–Crippen MR) is 111 cm³/mol. The molecule has 28 heavy (non-hydrogen) atoms. The number of carbonyl (C=O) groups is 1. The van der Waals surface area contributed by atoms with Gasteiger partial charge in [-0.2, -0.15) is 5.10 Å². The van der Waals surface area contributed by atoms with Gasteiger partial charge in [0.05, 0.1) is 24.8 Å². The lowest BCUT2D eigenvalue weighted by molar-refractivity contribution is -0.117. The van der Waals surface area contributed by atoms with Crippen LogP contribution in [-0.2, 0) is 17.9 Å². The molecule has 0 radical (unpaired) electrons. The Bertz CT molecular complexity index is 993. The van der Waals surface area contributed by atoms with Crippen molar-refractivity contribution in [1.82, 2.24) is 14.7 Å². The second-order valence-electron chi connectivity index (χ2n) is 7.10. The van der Waals surface area contributed by atoms with Gasteiger partial charge in [0.1, 0.15) is 0 Å². The molecular formula is C23H24N4O. The van der Waals surface area contributed by atoms with E-state index in [0.29, 0.717) is 19.6 Å². The van der Waals surface area contributed by atoms with Gasteiger partial charge in [0, 0.05) is 24.0 Å². The summed E-state index contributed by atoms with van der Waals surface area (Å²) >= 11 is 0. The highest BCUT2D eigenvalue weighted by molar-refractivity contribution is 5.94. The molecular weight excluding hydrogens is 348 g/mol. The molecule has 5 heteroatoms. The van der Waals surface area contributed by atoms with Crippen LogP contribution >= 0.6 is 0 Å². The molecule has 0 spiro atoms. The zero-order chi connectivity index (χ0) is 19.5. The second-order valence-corrected chi connectivity index (χ2v) is 7.10. The number of aromatic nitrogens is 2. The van der Waals surface area contributed by atoms with Crippen molar-refractivity contribution in [3.05, 3.63) is 95.8 Å². The summed E-state index contributed by atoms with van der Waals surface area (Å²) in [7, 11) is 0. The molecule has 1 aliphatic rings. The van der Waals surface area contributed by atoms with Gasteiger partial charge in [-0.05, 0) is 24.1 Å². The number of benzene rings is 2. The van der Waals surface area contributed by atoms with Gasteiger partial charge in [0.2, 0.25) is 5.91 Å². The molecule has 0 saturated carbocycles. The first kappa shape index (κ1) is 18.2. The molecule has 3 aromatic rings. The first-order valence-electron chi connectivity index (χ1n) is 9.47. The van der Waals surface area contributed by atoms with E-state index in [1.807, 2.05) is 60.3 Å². The number of nitrogens with one attached hydrogen (secondary N) is 1. The van der Waals surface area contributed by atoms with E-state index >= 15 is 0 Å². The number of aryl methyl sites for hydroxylation is 1. The first-order chi connectivity index (χ1) is 13.7. The van der Waals surface area contributed by atoms with Gasteiger partial charge in [0.25, 0.3) is 0 Å². The summed E-state index contributed by atoms with van der Waals surface area (Å²) in [4.78, 5) is 14.9. The normalized spacial score (nSPS) is 16.9. The Hall–Kier alpha value is -3.18. The van der Waals surface area contributed by atoms with Crippen LogP contribution in [0.2, 0.25) is 0 Å². The average Bonchev–Trinajstić information content (AvgIpc) is 2.95. The minimum absolute atomic E-state index is 0.00187. The summed E-state index contributed by atoms with van der Waals surface area (Å²) in [6, 6.07) is 18.4. The third-order valence-corrected chi connectivity index (χ3v) is 5.09. The molecule has 0 unspecified atom stereocenters. The lowest BCUT2D eigenvalue weighted by Gasteiger charge is -2.30. The monoisotopic (exact) mass is 372 g/mol. The van der Waals surface area contributed by atoms with Gasteiger partial charge in [-0.3, -0.25) is 14.4 Å². The Balaban J connectivity index is 1.77. The third-order valence-electron chi connectivity index (χ3n) is 5.09. The zero-order valence-corrected chi connectivity index (χ0v) is 16.0. The average molecular weight is 372 g/mol. The Labute approximate surface area is 165 Å². The van der Waals surface area contributed by atoms with Gasteiger partial charge in [0.15, 0.2) is 0 Å². The summed E-state index contributed by atoms with van der Waals surface area (Å²) in [5.41, 5.74) is 5.25. The van der Waals surface area contributed by atoms with Crippen LogP contribution in [0.15, 0.2) is 73.4 Å². The standard InChI is InChI=1S/C23H24N4O/c1-3-13-27-15-19(17(2)25-27)14-26-16-22(28)24-21-12-8-7-11-20(21)23(26)18-9-5-4-6-10-18/h3-12,15,23H,1,13-14,16H2,2H3,(H,24,28)/t23-/m1/s1. The van der Waals surface area contributed by atoms with Gasteiger partial charge >= 0.3 is 0 Å². The molecule has 0 bridgehead atoms. The van der Waals surface area contributed by atoms with Crippen molar-refractivity contribution in [3.8, 4) is 0 Å². The van der Waals surface area contributed by atoms with E-state index in [1.165, 1.54) is 5.56 Å². The van der Waals surface area contributed by atoms with E-state index in [0.717, 1.165) is 22.5 Å². The van der Waals surface area contributed by atoms with Gasteiger partial charge < -0.3 is 5.32 Å². The van der Waals surface area contributed by atoms with E-state index < -0.39 is 0 Å². The van der Waals surface area contributed by atoms with Crippen molar-refractivity contribution in [1.29, 1.82) is 0 Å². The maximum absolute atomic E-state index is 12.6. The van der Waals surface area contributed by atoms with Gasteiger partial charge in [-0.25, -0.2) is 0 Å². The molecule has 2 aromatic carbocycles. The van der Waals surface area contributed by atoms with Crippen molar-refractivity contribution >= 4 is 11.6 Å². The fraction of sp³-hybridized carbons (Fsp3) is 0.217. The van der Waals surface area contributed by atoms with E-state index in [2.05, 4.69) is 40.1 Å². The molecule has 2 heterocycles. The van der Waals surface area contributed by atoms with Crippen molar-refractivity contribution in [2.75, 3.05) is 11.9 Å². The maximum atomic E-state index is 12.6. The number of anilines is 1. The Morgan fingerprint density at radius 1 is 1.18 bits per heavy atom. The van der Waals surface area contributed by atoms with Crippen molar-refractivity contribution in [2.45, 2.75) is 26.1 Å². The molecule has 0 fully saturated rings. The fourth-order valence-corrected chi connectivity index (χ4v) is 3.84. The number of allylic oxidation sites excluding steroid dienone is 1. The third kappa shape index (κ3) is 3.62. The highest BCUT2D eigenvalue weighted by Crippen LogP contribution is 2.36. The Morgan fingerprint density at radius 2 is 1.93 bits per heavy atom. The van der Waals surface area contributed by atoms with E-state index in [9.17, 15) is 4.79 Å². The van der Waals surface area contributed by atoms with Crippen LogP contribution in [0.5, 0.6) is 0 Å². The van der Waals surface area contributed by atoms with Crippen LogP contribution in [0.1, 0.15) is 28.4 Å². The molecule has 142 valence electrons. The number of hydrogen-bond acceptors (Lipinski definition) is 3.